The van der Waals surface area contributed by atoms with Crippen LogP contribution in [0.25, 0.3) is 11.0 Å². The van der Waals surface area contributed by atoms with Gasteiger partial charge in [-0.1, -0.05) is 0 Å². The molecule has 2 amide bonds. The second kappa shape index (κ2) is 7.27. The van der Waals surface area contributed by atoms with Crippen molar-refractivity contribution in [2.75, 3.05) is 22.9 Å². The van der Waals surface area contributed by atoms with Gasteiger partial charge in [0.2, 0.25) is 12.3 Å². The Morgan fingerprint density at radius 3 is 2.85 bits per heavy atom. The molecule has 0 unspecified atom stereocenters. The Bertz CT molecular complexity index is 889. The fourth-order valence-electron chi connectivity index (χ4n) is 3.70. The minimum Gasteiger partial charge on any atom is -0.371 e. The third-order valence-corrected chi connectivity index (χ3v) is 5.25. The van der Waals surface area contributed by atoms with Crippen LogP contribution in [0.5, 0.6) is 0 Å². The molecule has 0 radical (unpaired) electrons. The number of carbonyl (C=O) groups excluding carboxylic acids is 2. The highest BCUT2D eigenvalue weighted by atomic mass is 16.1. The molecule has 8 nitrogen and oxygen atoms in total. The summed E-state index contributed by atoms with van der Waals surface area (Å²) < 4.78 is 0. The summed E-state index contributed by atoms with van der Waals surface area (Å²) in [5, 5.41) is 12.6. The number of piperidine rings is 1. The number of H-pyrrole nitrogens is 1. The van der Waals surface area contributed by atoms with Crippen LogP contribution >= 0.6 is 0 Å². The molecule has 8 heteroatoms. The summed E-state index contributed by atoms with van der Waals surface area (Å²) >= 11 is 0. The molecule has 0 aromatic carbocycles. The predicted molar refractivity (Wildman–Crippen MR) is 101 cm³/mol. The highest BCUT2D eigenvalue weighted by Crippen LogP contribution is 2.35. The van der Waals surface area contributed by atoms with Gasteiger partial charge in [-0.05, 0) is 31.7 Å². The first-order valence-electron chi connectivity index (χ1n) is 9.32. The number of nitriles is 1. The molecule has 0 spiro atoms. The van der Waals surface area contributed by atoms with Crippen LogP contribution in [-0.4, -0.2) is 47.5 Å². The molecule has 3 heterocycles. The molecule has 1 saturated heterocycles. The summed E-state index contributed by atoms with van der Waals surface area (Å²) in [5.74, 6) is 0.475. The van der Waals surface area contributed by atoms with E-state index in [0.29, 0.717) is 5.82 Å². The van der Waals surface area contributed by atoms with E-state index >= 15 is 0 Å². The van der Waals surface area contributed by atoms with Crippen molar-refractivity contribution < 1.29 is 9.59 Å². The van der Waals surface area contributed by atoms with E-state index < -0.39 is 0 Å². The fraction of sp³-hybridized carbons (Fsp3) is 0.474. The van der Waals surface area contributed by atoms with Gasteiger partial charge >= 0.3 is 0 Å². The molecule has 2 aliphatic rings. The van der Waals surface area contributed by atoms with Crippen molar-refractivity contribution in [3.05, 3.63) is 18.3 Å². The minimum atomic E-state index is -0.207. The van der Waals surface area contributed by atoms with Gasteiger partial charge in [-0.25, -0.2) is 4.98 Å². The number of pyridine rings is 1. The van der Waals surface area contributed by atoms with Crippen molar-refractivity contribution >= 4 is 34.9 Å². The molecule has 1 aliphatic carbocycles. The van der Waals surface area contributed by atoms with Crippen LogP contribution in [0.15, 0.2) is 18.3 Å². The number of fused-ring (bicyclic) bond motifs is 1. The SMILES string of the molecule is N#CCC(=O)NC1CCN(c2cc(N(C=O)C3CC3)nc3[nH]ccc23)CC1. The fourth-order valence-corrected chi connectivity index (χ4v) is 3.70. The molecule has 140 valence electrons. The highest BCUT2D eigenvalue weighted by molar-refractivity contribution is 5.93. The molecule has 1 aliphatic heterocycles. The Balaban J connectivity index is 1.53. The largest absolute Gasteiger partial charge is 0.371 e. The molecule has 1 saturated carbocycles. The van der Waals surface area contributed by atoms with Gasteiger partial charge in [0, 0.05) is 42.8 Å². The topological polar surface area (TPSA) is 105 Å². The van der Waals surface area contributed by atoms with Gasteiger partial charge in [0.1, 0.15) is 17.9 Å². The lowest BCUT2D eigenvalue weighted by Gasteiger charge is -2.34. The number of aromatic nitrogens is 2. The number of amides is 2. The number of hydrogen-bond donors (Lipinski definition) is 2. The Labute approximate surface area is 157 Å². The number of nitrogens with one attached hydrogen (secondary N) is 2. The van der Waals surface area contributed by atoms with Gasteiger partial charge in [0.15, 0.2) is 0 Å². The van der Waals surface area contributed by atoms with Gasteiger partial charge in [0.05, 0.1) is 11.8 Å². The van der Waals surface area contributed by atoms with E-state index in [2.05, 4.69) is 20.2 Å². The first kappa shape index (κ1) is 17.3. The van der Waals surface area contributed by atoms with E-state index in [0.717, 1.165) is 61.9 Å². The minimum absolute atomic E-state index is 0.0966. The van der Waals surface area contributed by atoms with E-state index in [1.807, 2.05) is 24.4 Å². The van der Waals surface area contributed by atoms with Crippen LogP contribution in [0.4, 0.5) is 11.5 Å². The lowest BCUT2D eigenvalue weighted by atomic mass is 10.0. The molecule has 4 rings (SSSR count). The van der Waals surface area contributed by atoms with Crippen LogP contribution in [0, 0.1) is 11.3 Å². The van der Waals surface area contributed by atoms with Gasteiger partial charge in [-0.2, -0.15) is 5.26 Å². The summed E-state index contributed by atoms with van der Waals surface area (Å²) in [6.07, 6.45) is 6.32. The van der Waals surface area contributed by atoms with E-state index in [-0.39, 0.29) is 24.4 Å². The second-order valence-corrected chi connectivity index (χ2v) is 7.15. The quantitative estimate of drug-likeness (QED) is 0.757. The van der Waals surface area contributed by atoms with Crippen molar-refractivity contribution in [2.24, 2.45) is 0 Å². The van der Waals surface area contributed by atoms with Crippen LogP contribution in [-0.2, 0) is 9.59 Å². The van der Waals surface area contributed by atoms with Gasteiger partial charge in [-0.3, -0.25) is 14.5 Å². The Morgan fingerprint density at radius 1 is 1.41 bits per heavy atom. The average molecular weight is 366 g/mol. The number of hydrogen-bond acceptors (Lipinski definition) is 5. The smallest absolute Gasteiger partial charge is 0.234 e. The van der Waals surface area contributed by atoms with Crippen LogP contribution in [0.1, 0.15) is 32.1 Å². The zero-order chi connectivity index (χ0) is 18.8. The highest BCUT2D eigenvalue weighted by Gasteiger charge is 2.31. The van der Waals surface area contributed by atoms with Crippen molar-refractivity contribution in [2.45, 2.75) is 44.2 Å². The maximum Gasteiger partial charge on any atom is 0.234 e. The van der Waals surface area contributed by atoms with E-state index in [1.54, 1.807) is 4.90 Å². The summed E-state index contributed by atoms with van der Waals surface area (Å²) in [7, 11) is 0. The summed E-state index contributed by atoms with van der Waals surface area (Å²) in [6, 6.07) is 6.24. The number of nitrogens with zero attached hydrogens (tertiary/aromatic N) is 4. The van der Waals surface area contributed by atoms with Crippen molar-refractivity contribution in [1.29, 1.82) is 5.26 Å². The zero-order valence-corrected chi connectivity index (χ0v) is 15.0. The Morgan fingerprint density at radius 2 is 2.19 bits per heavy atom. The lowest BCUT2D eigenvalue weighted by Crippen LogP contribution is -2.44. The third-order valence-electron chi connectivity index (χ3n) is 5.25. The Kier molecular flexibility index (Phi) is 4.67. The molecular weight excluding hydrogens is 344 g/mol. The number of carbonyl (C=O) groups is 2. The number of aromatic amines is 1. The van der Waals surface area contributed by atoms with Crippen LogP contribution in [0.2, 0.25) is 0 Å². The second-order valence-electron chi connectivity index (χ2n) is 7.15. The maximum atomic E-state index is 11.6. The normalized spacial score (nSPS) is 17.5. The van der Waals surface area contributed by atoms with Crippen LogP contribution in [0.3, 0.4) is 0 Å². The molecule has 2 aromatic rings. The standard InChI is InChI=1S/C19H22N6O2/c20-7-3-18(27)22-13-5-9-24(10-6-13)16-11-17(25(12-26)14-1-2-14)23-19-15(16)4-8-21-19/h4,8,11-14H,1-3,5-6,9-10H2,(H,21,23)(H,22,27). The van der Waals surface area contributed by atoms with Crippen molar-refractivity contribution in [1.82, 2.24) is 15.3 Å². The molecule has 0 bridgehead atoms. The molecule has 2 aromatic heterocycles. The van der Waals surface area contributed by atoms with Gasteiger partial charge < -0.3 is 15.2 Å². The first-order chi connectivity index (χ1) is 13.2. The molecule has 0 atom stereocenters. The summed E-state index contributed by atoms with van der Waals surface area (Å²) in [5.41, 5.74) is 1.84. The third kappa shape index (κ3) is 3.58. The zero-order valence-electron chi connectivity index (χ0n) is 15.0. The molecule has 2 N–H and O–H groups in total. The predicted octanol–water partition coefficient (Wildman–Crippen LogP) is 1.69. The van der Waals surface area contributed by atoms with Gasteiger partial charge in [0.25, 0.3) is 0 Å². The van der Waals surface area contributed by atoms with Crippen molar-refractivity contribution in [3.8, 4) is 6.07 Å². The molecular formula is C19H22N6O2. The van der Waals surface area contributed by atoms with Crippen molar-refractivity contribution in [3.63, 3.8) is 0 Å². The number of anilines is 2. The molecule has 27 heavy (non-hydrogen) atoms. The first-order valence-corrected chi connectivity index (χ1v) is 9.32. The maximum absolute atomic E-state index is 11.6. The average Bonchev–Trinajstić information content (AvgIpc) is 3.38. The lowest BCUT2D eigenvalue weighted by molar-refractivity contribution is -0.121. The monoisotopic (exact) mass is 366 g/mol. The van der Waals surface area contributed by atoms with E-state index in [1.165, 1.54) is 0 Å². The van der Waals surface area contributed by atoms with Crippen LogP contribution < -0.4 is 15.1 Å². The van der Waals surface area contributed by atoms with E-state index in [9.17, 15) is 9.59 Å². The van der Waals surface area contributed by atoms with Gasteiger partial charge in [-0.15, -0.1) is 0 Å². The molecule has 2 fully saturated rings. The summed E-state index contributed by atoms with van der Waals surface area (Å²) in [6.45, 7) is 1.59. The Hall–Kier alpha value is -3.08. The summed E-state index contributed by atoms with van der Waals surface area (Å²) in [4.78, 5) is 35.0. The van der Waals surface area contributed by atoms with E-state index in [4.69, 9.17) is 5.26 Å². The number of rotatable bonds is 6.